The van der Waals surface area contributed by atoms with Crippen LogP contribution in [-0.4, -0.2) is 103 Å². The van der Waals surface area contributed by atoms with Crippen LogP contribution in [0.2, 0.25) is 0 Å². The summed E-state index contributed by atoms with van der Waals surface area (Å²) in [5.74, 6) is 1.21. The third kappa shape index (κ3) is 3.87. The number of carbonyl (C=O) groups is 8. The van der Waals surface area contributed by atoms with Gasteiger partial charge in [-0.1, -0.05) is 96.8 Å². The van der Waals surface area contributed by atoms with Crippen LogP contribution in [0.1, 0.15) is 157 Å². The average molecular weight is 1660 g/mol. The smallest absolute Gasteiger partial charge is 0.325 e. The van der Waals surface area contributed by atoms with Crippen molar-refractivity contribution >= 4 is 134 Å². The second-order valence-electron chi connectivity index (χ2n) is 42.2. The summed E-state index contributed by atoms with van der Waals surface area (Å²) in [6.45, 7) is 0. The van der Waals surface area contributed by atoms with Crippen molar-refractivity contribution in [1.82, 2.24) is 0 Å². The minimum absolute atomic E-state index is 0.152. The molecule has 596 valence electrons. The van der Waals surface area contributed by atoms with E-state index >= 15 is 38.4 Å². The largest absolute Gasteiger partial charge is 0.468 e. The second-order valence-corrected chi connectivity index (χ2v) is 42.2. The topological polar surface area (TPSA) is 210 Å². The van der Waals surface area contributed by atoms with E-state index in [-0.39, 0.29) is 25.7 Å². The van der Waals surface area contributed by atoms with Crippen molar-refractivity contribution in [1.29, 1.82) is 0 Å². The van der Waals surface area contributed by atoms with E-state index in [1.165, 1.54) is 42.7 Å². The number of benzene rings is 14. The molecule has 16 nitrogen and oxygen atoms in total. The Bertz CT molecular complexity index is 8820. The maximum absolute atomic E-state index is 18.2. The number of methoxy groups -OCH3 is 6. The first-order chi connectivity index (χ1) is 63.1. The van der Waals surface area contributed by atoms with Crippen LogP contribution in [0.15, 0.2) is 121 Å². The first kappa shape index (κ1) is 61.5. The molecule has 16 aromatic carbocycles. The number of ether oxygens (including phenoxy) is 8. The Morgan fingerprint density at radius 2 is 0.504 bits per heavy atom. The van der Waals surface area contributed by atoms with E-state index in [1.54, 1.807) is 0 Å². The Kier molecular flexibility index (Phi) is 7.49. The van der Waals surface area contributed by atoms with Crippen LogP contribution in [0.4, 0.5) is 0 Å². The van der Waals surface area contributed by atoms with Gasteiger partial charge in [0.1, 0.15) is 12.2 Å². The number of allylic oxidation sites excluding steroid dienone is 2. The number of hydrogen-bond acceptors (Lipinski definition) is 16. The molecule has 20 bridgehead atoms. The van der Waals surface area contributed by atoms with E-state index in [0.717, 1.165) is 309 Å². The quantitative estimate of drug-likeness (QED) is 0.0455. The van der Waals surface area contributed by atoms with Gasteiger partial charge in [-0.05, 0) is 358 Å². The summed E-state index contributed by atoms with van der Waals surface area (Å²) in [7, 11) is 8.46. The van der Waals surface area contributed by atoms with Crippen molar-refractivity contribution in [2.75, 3.05) is 42.7 Å². The van der Waals surface area contributed by atoms with Crippen molar-refractivity contribution in [2.24, 2.45) is 16.2 Å². The molecule has 3 fully saturated rings. The van der Waals surface area contributed by atoms with E-state index in [2.05, 4.69) is 72.5 Å². The highest BCUT2D eigenvalue weighted by Crippen LogP contribution is 3.10. The van der Waals surface area contributed by atoms with Crippen molar-refractivity contribution in [2.45, 2.75) is 92.0 Å². The Balaban J connectivity index is 0.845. The van der Waals surface area contributed by atoms with Gasteiger partial charge in [-0.25, -0.2) is 0 Å². The molecule has 0 N–H and O–H groups in total. The molecule has 31 aliphatic rings. The third-order valence-corrected chi connectivity index (χ3v) is 41.4. The number of rotatable bonds is 8. The molecule has 16 aromatic rings. The summed E-state index contributed by atoms with van der Waals surface area (Å²) in [5.41, 5.74) is 13.0. The number of hydrogen-bond donors (Lipinski definition) is 0. The summed E-state index contributed by atoms with van der Waals surface area (Å²) in [5, 5.41) is 13.9. The molecule has 0 radical (unpaired) electrons. The second kappa shape index (κ2) is 15.7. The molecule has 16 heteroatoms. The van der Waals surface area contributed by atoms with E-state index < -0.39 is 130 Å². The van der Waals surface area contributed by atoms with Crippen LogP contribution < -0.4 is 0 Å². The van der Waals surface area contributed by atoms with Gasteiger partial charge >= 0.3 is 47.8 Å². The Labute approximate surface area is 723 Å². The van der Waals surface area contributed by atoms with Gasteiger partial charge in [0.2, 0.25) is 0 Å². The molecule has 47 rings (SSSR count). The molecule has 6 heterocycles. The molecule has 3 saturated carbocycles. The molecule has 25 aliphatic carbocycles. The molecule has 129 heavy (non-hydrogen) atoms. The normalized spacial score (nSPS) is 31.7. The van der Waals surface area contributed by atoms with Crippen molar-refractivity contribution in [3.8, 4) is 101 Å². The molecular weight excluding hydrogens is 1610 g/mol. The van der Waals surface area contributed by atoms with Gasteiger partial charge in [-0.3, -0.25) is 38.4 Å². The lowest BCUT2D eigenvalue weighted by molar-refractivity contribution is -0.164. The zero-order chi connectivity index (χ0) is 83.8. The summed E-state index contributed by atoms with van der Waals surface area (Å²) in [4.78, 5) is 144. The maximum Gasteiger partial charge on any atom is 0.325 e. The van der Waals surface area contributed by atoms with Gasteiger partial charge in [-0.15, -0.1) is 0 Å². The average Bonchev–Trinajstić information content (AvgIpc) is 1.32. The molecule has 6 unspecified atom stereocenters. The van der Waals surface area contributed by atoms with E-state index in [1.807, 2.05) is 60.7 Å². The first-order valence-electron chi connectivity index (χ1n) is 45.1. The zero-order valence-electron chi connectivity index (χ0n) is 68.6. The summed E-state index contributed by atoms with van der Waals surface area (Å²) in [6.07, 6.45) is 2.34. The highest BCUT2D eigenvalue weighted by molar-refractivity contribution is 6.62. The Morgan fingerprint density at radius 3 is 0.760 bits per heavy atom. The lowest BCUT2D eigenvalue weighted by atomic mass is 9.41. The van der Waals surface area contributed by atoms with E-state index in [0.29, 0.717) is 11.1 Å². The maximum atomic E-state index is 18.2. The summed E-state index contributed by atoms with van der Waals surface area (Å²) in [6, 6.07) is 36.4. The highest BCUT2D eigenvalue weighted by Gasteiger charge is 3.11. The monoisotopic (exact) mass is 1660 g/mol. The Hall–Kier alpha value is -14.8. The van der Waals surface area contributed by atoms with E-state index in [9.17, 15) is 0 Å². The van der Waals surface area contributed by atoms with Crippen molar-refractivity contribution in [3.05, 3.63) is 266 Å². The molecule has 0 amide bonds. The number of carbonyl (C=O) groups excluding carboxylic acids is 8. The predicted molar refractivity (Wildman–Crippen MR) is 463 cm³/mol. The molecule has 6 atom stereocenters. The zero-order valence-corrected chi connectivity index (χ0v) is 68.6. The van der Waals surface area contributed by atoms with E-state index in [4.69, 9.17) is 37.9 Å². The van der Waals surface area contributed by atoms with Crippen LogP contribution >= 0.6 is 0 Å². The van der Waals surface area contributed by atoms with Crippen LogP contribution in [0.5, 0.6) is 0 Å². The van der Waals surface area contributed by atoms with Gasteiger partial charge in [0, 0.05) is 22.0 Å². The van der Waals surface area contributed by atoms with Gasteiger partial charge in [0.25, 0.3) is 0 Å². The summed E-state index contributed by atoms with van der Waals surface area (Å²) >= 11 is 0. The molecule has 0 aromatic heterocycles. The van der Waals surface area contributed by atoms with Gasteiger partial charge in [0.15, 0.2) is 16.2 Å². The van der Waals surface area contributed by atoms with Gasteiger partial charge < -0.3 is 37.9 Å². The number of esters is 8. The van der Waals surface area contributed by atoms with Crippen molar-refractivity contribution < 1.29 is 76.3 Å². The molecule has 6 aliphatic heterocycles. The van der Waals surface area contributed by atoms with Gasteiger partial charge in [0.05, 0.1) is 98.8 Å². The fraction of sp³-hybridized carbons (Fsp3) is 0.221. The summed E-state index contributed by atoms with van der Waals surface area (Å²) < 4.78 is 57.1. The van der Waals surface area contributed by atoms with Crippen LogP contribution in [0.25, 0.3) is 176 Å². The third-order valence-electron chi connectivity index (χ3n) is 41.4. The molecule has 10 spiro atoms. The van der Waals surface area contributed by atoms with Crippen LogP contribution in [0.3, 0.4) is 0 Å². The fourth-order valence-electron chi connectivity index (χ4n) is 40.8. The first-order valence-corrected chi connectivity index (χ1v) is 45.1. The minimum atomic E-state index is -2.36. The SMILES string of the molecule is COC(=O)C1(C(=O)OC)C23c4c5c6c7c8c4-c4c2c2c9c%10c4C4%11c%12c-%10c%10c%13c%14c%15c%16c%17c%18c%19c%20c%21c%22c%23c%24c(c-7c(c7c%12c%13c(c%247)c(c%23%19)c%14%18)C84C%11(C(=O)OC)C(=O)OC)C%224C7C=C(c8ccccc8)CC64c4c-5c5c6c(c4-%21)C%204C(C(=O)OC)(C(=O)OC)C%174c4c-%16c(c-2c(c4-6)C513)C91CC(c2ccccc2)=CC(OC(=O)Cc2ccc(cc2)C#Cc2ccc(cc2)CC(=O)O7)C%10%151. The fourth-order valence-corrected chi connectivity index (χ4v) is 40.8. The van der Waals surface area contributed by atoms with Crippen LogP contribution in [-0.2, 0) is 143 Å². The van der Waals surface area contributed by atoms with Crippen molar-refractivity contribution in [3.63, 3.8) is 0 Å². The Morgan fingerprint density at radius 1 is 0.279 bits per heavy atom. The standard InChI is InChI=1S/C113H48O16/c1-122-95(116)111(96(117)123-2)105-83-55-47-45-46-49-53-51(47)79-67(83)63-75-59-61-77-65-69-81(53)103(79)41(29-39(31-101(75,77)103)37-13-9-7-10-14-37)128-43(114)27-35-23-19-33(20-24-35)17-18-34-21-25-36(26-22-34)28-44(115)129-42-30-40(38-15-11-8-12-16-38)32-102-76-60-62-78(102)66-70-82-54-50(46)58-57(49)85(69)107-93(65)73-74(94(66)108(107,86(58)70)112(107,97(118)124-3)98(119)125-4)90(62)110(89(61)73)109(113(110,99(120)126-5)100(121)127-6)87(59)71(91(63)105)72(88(60)109)92-64(76)68-80(104(42,82)102)52(54)48(45)56(55)84(68)106(92,105)111/h7-16,19-26,29-30,41-42H,27-28,31-32H2,1-6H3. The molecule has 0 saturated heterocycles. The van der Waals surface area contributed by atoms with Gasteiger partial charge in [-0.2, -0.15) is 0 Å². The van der Waals surface area contributed by atoms with Crippen LogP contribution in [0, 0.1) is 28.1 Å². The minimum Gasteiger partial charge on any atom is -0.468 e. The molecular formula is C113H48O16. The lowest BCUT2D eigenvalue weighted by Crippen LogP contribution is -2.62. The lowest BCUT2D eigenvalue weighted by Gasteiger charge is -2.60. The highest BCUT2D eigenvalue weighted by atomic mass is 16.6. The predicted octanol–water partition coefficient (Wildman–Crippen LogP) is 15.2.